The molecule has 0 radical (unpaired) electrons. The summed E-state index contributed by atoms with van der Waals surface area (Å²) in [6.07, 6.45) is 3.83. The third-order valence-electron chi connectivity index (χ3n) is 4.28. The molecule has 1 atom stereocenters. The van der Waals surface area contributed by atoms with Crippen molar-refractivity contribution in [1.82, 2.24) is 5.32 Å². The van der Waals surface area contributed by atoms with Gasteiger partial charge in [-0.1, -0.05) is 44.5 Å². The first-order valence-electron chi connectivity index (χ1n) is 7.39. The highest BCUT2D eigenvalue weighted by molar-refractivity contribution is 6.31. The summed E-state index contributed by atoms with van der Waals surface area (Å²) < 4.78 is 0. The lowest BCUT2D eigenvalue weighted by Gasteiger charge is -2.32. The monoisotopic (exact) mass is 279 g/mol. The van der Waals surface area contributed by atoms with Gasteiger partial charge in [0.1, 0.15) is 0 Å². The summed E-state index contributed by atoms with van der Waals surface area (Å²) in [5.41, 5.74) is 2.87. The van der Waals surface area contributed by atoms with Crippen molar-refractivity contribution >= 4 is 11.6 Å². The lowest BCUT2D eigenvalue weighted by Crippen LogP contribution is -2.38. The topological polar surface area (TPSA) is 12.0 Å². The molecule has 1 aliphatic carbocycles. The number of nitrogens with one attached hydrogen (secondary N) is 1. The summed E-state index contributed by atoms with van der Waals surface area (Å²) in [4.78, 5) is 0. The molecule has 2 rings (SSSR count). The van der Waals surface area contributed by atoms with Gasteiger partial charge in [0.2, 0.25) is 0 Å². The highest BCUT2D eigenvalue weighted by atomic mass is 35.5. The van der Waals surface area contributed by atoms with Crippen LogP contribution in [0.15, 0.2) is 18.2 Å². The van der Waals surface area contributed by atoms with Gasteiger partial charge in [-0.2, -0.15) is 0 Å². The lowest BCUT2D eigenvalue weighted by atomic mass is 9.78. The van der Waals surface area contributed by atoms with Crippen LogP contribution in [0.3, 0.4) is 0 Å². The van der Waals surface area contributed by atoms with Gasteiger partial charge in [0, 0.05) is 17.6 Å². The van der Waals surface area contributed by atoms with Gasteiger partial charge in [0.05, 0.1) is 0 Å². The van der Waals surface area contributed by atoms with Crippen molar-refractivity contribution in [3.05, 3.63) is 34.3 Å². The Morgan fingerprint density at radius 2 is 2.05 bits per heavy atom. The fourth-order valence-electron chi connectivity index (χ4n) is 2.80. The molecule has 1 N–H and O–H groups in total. The normalized spacial score (nSPS) is 18.6. The predicted molar refractivity (Wildman–Crippen MR) is 83.9 cm³/mol. The molecule has 0 heterocycles. The molecule has 0 spiro atoms. The van der Waals surface area contributed by atoms with Crippen molar-refractivity contribution in [2.75, 3.05) is 6.54 Å². The minimum absolute atomic E-state index is 0.336. The molecule has 0 amide bonds. The van der Waals surface area contributed by atoms with Crippen LogP contribution < -0.4 is 5.32 Å². The van der Waals surface area contributed by atoms with Crippen molar-refractivity contribution in [2.24, 2.45) is 11.3 Å². The molecular weight excluding hydrogens is 254 g/mol. The molecule has 1 nitrogen and oxygen atoms in total. The third-order valence-corrected chi connectivity index (χ3v) is 4.63. The van der Waals surface area contributed by atoms with Crippen LogP contribution in [-0.4, -0.2) is 12.6 Å². The Morgan fingerprint density at radius 3 is 2.58 bits per heavy atom. The Labute approximate surface area is 122 Å². The molecule has 0 saturated heterocycles. The third kappa shape index (κ3) is 3.97. The van der Waals surface area contributed by atoms with E-state index in [2.05, 4.69) is 51.2 Å². The summed E-state index contributed by atoms with van der Waals surface area (Å²) in [7, 11) is 0. The van der Waals surface area contributed by atoms with Gasteiger partial charge in [0.25, 0.3) is 0 Å². The molecule has 1 unspecified atom stereocenters. The number of benzene rings is 1. The van der Waals surface area contributed by atoms with Gasteiger partial charge in [-0.3, -0.25) is 0 Å². The zero-order chi connectivity index (χ0) is 14.0. The van der Waals surface area contributed by atoms with Crippen LogP contribution in [0.5, 0.6) is 0 Å². The quantitative estimate of drug-likeness (QED) is 0.802. The number of halogens is 1. The maximum absolute atomic E-state index is 6.40. The average molecular weight is 280 g/mol. The van der Waals surface area contributed by atoms with E-state index in [0.29, 0.717) is 11.5 Å². The summed E-state index contributed by atoms with van der Waals surface area (Å²) >= 11 is 6.40. The van der Waals surface area contributed by atoms with Gasteiger partial charge >= 0.3 is 0 Å². The van der Waals surface area contributed by atoms with Crippen molar-refractivity contribution in [2.45, 2.75) is 53.0 Å². The van der Waals surface area contributed by atoms with Gasteiger partial charge < -0.3 is 5.32 Å². The average Bonchev–Trinajstić information content (AvgIpc) is 3.15. The summed E-state index contributed by atoms with van der Waals surface area (Å²) in [6.45, 7) is 10.0. The number of rotatable bonds is 6. The van der Waals surface area contributed by atoms with Crippen molar-refractivity contribution in [3.8, 4) is 0 Å². The second-order valence-corrected chi connectivity index (χ2v) is 7.14. The first-order valence-corrected chi connectivity index (χ1v) is 7.77. The van der Waals surface area contributed by atoms with E-state index in [4.69, 9.17) is 11.6 Å². The van der Waals surface area contributed by atoms with Crippen molar-refractivity contribution in [3.63, 3.8) is 0 Å². The van der Waals surface area contributed by atoms with Crippen LogP contribution in [0.25, 0.3) is 0 Å². The zero-order valence-corrected chi connectivity index (χ0v) is 13.3. The van der Waals surface area contributed by atoms with Crippen LogP contribution >= 0.6 is 11.6 Å². The Bertz CT molecular complexity index is 437. The van der Waals surface area contributed by atoms with E-state index in [0.717, 1.165) is 23.9 Å². The molecule has 1 aromatic rings. The molecule has 0 aliphatic heterocycles. The Kier molecular flexibility index (Phi) is 4.58. The molecule has 0 bridgehead atoms. The number of hydrogen-bond acceptors (Lipinski definition) is 1. The summed E-state index contributed by atoms with van der Waals surface area (Å²) in [6, 6.07) is 7.00. The van der Waals surface area contributed by atoms with Crippen LogP contribution in [0.4, 0.5) is 0 Å². The SMILES string of the molecule is Cc1ccc(CC(C)(CNC(C)C)C2CC2)c(Cl)c1. The van der Waals surface area contributed by atoms with Crippen LogP contribution in [0.2, 0.25) is 5.02 Å². The smallest absolute Gasteiger partial charge is 0.0440 e. The molecule has 106 valence electrons. The van der Waals surface area contributed by atoms with Gasteiger partial charge in [-0.25, -0.2) is 0 Å². The Balaban J connectivity index is 2.11. The number of hydrogen-bond donors (Lipinski definition) is 1. The standard InChI is InChI=1S/C17H26ClN/c1-12(2)19-11-17(4,15-7-8-15)10-14-6-5-13(3)9-16(14)18/h5-6,9,12,15,19H,7-8,10-11H2,1-4H3. The maximum Gasteiger partial charge on any atom is 0.0440 e. The fraction of sp³-hybridized carbons (Fsp3) is 0.647. The van der Waals surface area contributed by atoms with E-state index >= 15 is 0 Å². The molecule has 1 aliphatic rings. The van der Waals surface area contributed by atoms with E-state index < -0.39 is 0 Å². The summed E-state index contributed by atoms with van der Waals surface area (Å²) in [5.74, 6) is 0.858. The predicted octanol–water partition coefficient (Wildman–Crippen LogP) is 4.61. The zero-order valence-electron chi connectivity index (χ0n) is 12.6. The minimum Gasteiger partial charge on any atom is -0.314 e. The fourth-order valence-corrected chi connectivity index (χ4v) is 3.10. The van der Waals surface area contributed by atoms with E-state index in [1.165, 1.54) is 24.0 Å². The molecular formula is C17H26ClN. The minimum atomic E-state index is 0.336. The van der Waals surface area contributed by atoms with Crippen LogP contribution in [0, 0.1) is 18.3 Å². The second kappa shape index (κ2) is 5.85. The Morgan fingerprint density at radius 1 is 1.37 bits per heavy atom. The lowest BCUT2D eigenvalue weighted by molar-refractivity contribution is 0.248. The van der Waals surface area contributed by atoms with Gasteiger partial charge in [-0.15, -0.1) is 0 Å². The molecule has 1 fully saturated rings. The highest BCUT2D eigenvalue weighted by Crippen LogP contribution is 2.47. The molecule has 0 aromatic heterocycles. The summed E-state index contributed by atoms with van der Waals surface area (Å²) in [5, 5.41) is 4.54. The van der Waals surface area contributed by atoms with E-state index in [9.17, 15) is 0 Å². The molecule has 2 heteroatoms. The number of aryl methyl sites for hydroxylation is 1. The Hall–Kier alpha value is -0.530. The van der Waals surface area contributed by atoms with Crippen molar-refractivity contribution < 1.29 is 0 Å². The van der Waals surface area contributed by atoms with E-state index in [1.807, 2.05) is 0 Å². The van der Waals surface area contributed by atoms with E-state index in [1.54, 1.807) is 0 Å². The second-order valence-electron chi connectivity index (χ2n) is 6.74. The highest BCUT2D eigenvalue weighted by Gasteiger charge is 2.41. The largest absolute Gasteiger partial charge is 0.314 e. The van der Waals surface area contributed by atoms with Gasteiger partial charge in [0.15, 0.2) is 0 Å². The maximum atomic E-state index is 6.40. The van der Waals surface area contributed by atoms with Crippen LogP contribution in [-0.2, 0) is 6.42 Å². The molecule has 1 aromatic carbocycles. The van der Waals surface area contributed by atoms with E-state index in [-0.39, 0.29) is 0 Å². The van der Waals surface area contributed by atoms with Crippen LogP contribution in [0.1, 0.15) is 44.7 Å². The molecule has 1 saturated carbocycles. The van der Waals surface area contributed by atoms with Gasteiger partial charge in [-0.05, 0) is 54.7 Å². The first kappa shape index (κ1) is 14.9. The molecule has 19 heavy (non-hydrogen) atoms. The van der Waals surface area contributed by atoms with Crippen molar-refractivity contribution in [1.29, 1.82) is 0 Å². The first-order chi connectivity index (χ1) is 8.90.